The van der Waals surface area contributed by atoms with E-state index in [-0.39, 0.29) is 48.1 Å². The molecule has 6 heteroatoms. The summed E-state index contributed by atoms with van der Waals surface area (Å²) in [4.78, 5) is 23.7. The van der Waals surface area contributed by atoms with Gasteiger partial charge in [-0.3, -0.25) is 4.79 Å². The van der Waals surface area contributed by atoms with Crippen LogP contribution in [0.4, 0.5) is 0 Å². The van der Waals surface area contributed by atoms with Gasteiger partial charge < -0.3 is 15.6 Å². The van der Waals surface area contributed by atoms with Crippen molar-refractivity contribution in [1.29, 1.82) is 0 Å². The molecule has 1 aromatic rings. The molecule has 3 N–H and O–H groups in total. The van der Waals surface area contributed by atoms with E-state index >= 15 is 0 Å². The number of ether oxygens (including phenoxy) is 1. The van der Waals surface area contributed by atoms with E-state index in [4.69, 9.17) is 10.5 Å². The number of phenolic OH excluding ortho intramolecular Hbond substituents is 1. The first-order chi connectivity index (χ1) is 13.5. The fraction of sp³-hybridized carbons (Fsp3) is 0.652. The van der Waals surface area contributed by atoms with Gasteiger partial charge in [0.15, 0.2) is 0 Å². The molecule has 1 rings (SSSR count). The second-order valence-electron chi connectivity index (χ2n) is 7.56. The fourth-order valence-electron chi connectivity index (χ4n) is 3.14. The van der Waals surface area contributed by atoms with E-state index in [0.717, 1.165) is 24.8 Å². The summed E-state index contributed by atoms with van der Waals surface area (Å²) in [6, 6.07) is 5.56. The molecule has 0 fully saturated rings. The summed E-state index contributed by atoms with van der Waals surface area (Å²) in [5.41, 5.74) is 6.61. The Hall–Kier alpha value is -0.880. The van der Waals surface area contributed by atoms with Gasteiger partial charge in [-0.1, -0.05) is 83.3 Å². The zero-order valence-electron chi connectivity index (χ0n) is 17.3. The van der Waals surface area contributed by atoms with Gasteiger partial charge >= 0.3 is 41.5 Å². The van der Waals surface area contributed by atoms with Crippen LogP contribution in [0.3, 0.4) is 0 Å². The number of hydrogen-bond donors (Lipinski definition) is 2. The molecule has 160 valence electrons. The van der Waals surface area contributed by atoms with Crippen molar-refractivity contribution in [2.75, 3.05) is 0 Å². The minimum atomic E-state index is -0.884. The van der Waals surface area contributed by atoms with Crippen molar-refractivity contribution in [1.82, 2.24) is 0 Å². The van der Waals surface area contributed by atoms with Crippen LogP contribution in [0.15, 0.2) is 24.3 Å². The first-order valence-electron chi connectivity index (χ1n) is 10.8. The predicted molar refractivity (Wildman–Crippen MR) is 119 cm³/mol. The third kappa shape index (κ3) is 14.7. The Bertz CT molecular complexity index is 563. The van der Waals surface area contributed by atoms with Crippen LogP contribution in [0.1, 0.15) is 89.5 Å². The van der Waals surface area contributed by atoms with Crippen LogP contribution < -0.4 is 5.73 Å². The Kier molecular flexibility index (Phi) is 17.4. The van der Waals surface area contributed by atoms with Crippen molar-refractivity contribution in [3.05, 3.63) is 29.8 Å². The van der Waals surface area contributed by atoms with E-state index in [1.165, 1.54) is 63.5 Å². The van der Waals surface area contributed by atoms with Crippen molar-refractivity contribution < 1.29 is 19.4 Å². The van der Waals surface area contributed by atoms with Crippen molar-refractivity contribution in [3.8, 4) is 5.75 Å². The monoisotopic (exact) mass is 415 g/mol. The van der Waals surface area contributed by atoms with E-state index < -0.39 is 18.0 Å². The maximum absolute atomic E-state index is 11.9. The summed E-state index contributed by atoms with van der Waals surface area (Å²) in [6.45, 7) is 2.23. The number of nitrogens with two attached hydrogens (primary N) is 1. The van der Waals surface area contributed by atoms with Gasteiger partial charge in [-0.15, -0.1) is 0 Å². The molecule has 1 aromatic carbocycles. The standard InChI is InChI=1S/C23H37NO4.Na.H/c1-2-3-4-5-6-7-8-9-10-11-12-13-22(26)28-23(27)21(24)18-19-14-16-20(25)17-15-19;;/h14-17,21,25H,2-13,18,24H2,1H3;;. The zero-order chi connectivity index (χ0) is 20.6. The van der Waals surface area contributed by atoms with Crippen LogP contribution in [-0.4, -0.2) is 52.6 Å². The van der Waals surface area contributed by atoms with Gasteiger partial charge in [0.05, 0.1) is 0 Å². The molecule has 0 spiro atoms. The second-order valence-corrected chi connectivity index (χ2v) is 7.56. The van der Waals surface area contributed by atoms with Gasteiger partial charge in [-0.2, -0.15) is 0 Å². The number of hydrogen-bond acceptors (Lipinski definition) is 5. The zero-order valence-corrected chi connectivity index (χ0v) is 17.3. The summed E-state index contributed by atoms with van der Waals surface area (Å²) in [7, 11) is 0. The summed E-state index contributed by atoms with van der Waals surface area (Å²) in [5.74, 6) is -1.04. The van der Waals surface area contributed by atoms with Gasteiger partial charge in [-0.25, -0.2) is 4.79 Å². The third-order valence-corrected chi connectivity index (χ3v) is 4.89. The van der Waals surface area contributed by atoms with Crippen molar-refractivity contribution in [3.63, 3.8) is 0 Å². The summed E-state index contributed by atoms with van der Waals surface area (Å²) in [6.07, 6.45) is 13.8. The quantitative estimate of drug-likeness (QED) is 0.192. The average molecular weight is 416 g/mol. The molecule has 1 unspecified atom stereocenters. The Labute approximate surface area is 198 Å². The molecule has 0 saturated carbocycles. The fourth-order valence-corrected chi connectivity index (χ4v) is 3.14. The van der Waals surface area contributed by atoms with Gasteiger partial charge in [0.2, 0.25) is 0 Å². The molecule has 0 saturated heterocycles. The molecular formula is C23H38NNaO4. The van der Waals surface area contributed by atoms with Crippen LogP contribution in [0.2, 0.25) is 0 Å². The van der Waals surface area contributed by atoms with Gasteiger partial charge in [0.1, 0.15) is 11.8 Å². The van der Waals surface area contributed by atoms with Crippen LogP contribution in [0.5, 0.6) is 5.75 Å². The van der Waals surface area contributed by atoms with Gasteiger partial charge in [0, 0.05) is 6.42 Å². The number of carbonyl (C=O) groups is 2. The molecule has 0 aliphatic carbocycles. The van der Waals surface area contributed by atoms with Crippen LogP contribution in [0, 0.1) is 0 Å². The number of benzene rings is 1. The summed E-state index contributed by atoms with van der Waals surface area (Å²) in [5, 5.41) is 9.25. The van der Waals surface area contributed by atoms with Crippen molar-refractivity contribution >= 4 is 41.5 Å². The van der Waals surface area contributed by atoms with Gasteiger partial charge in [0.25, 0.3) is 0 Å². The molecule has 5 nitrogen and oxygen atoms in total. The predicted octanol–water partition coefficient (Wildman–Crippen LogP) is 4.38. The van der Waals surface area contributed by atoms with E-state index in [2.05, 4.69) is 6.92 Å². The normalized spacial score (nSPS) is 11.5. The third-order valence-electron chi connectivity index (χ3n) is 4.89. The van der Waals surface area contributed by atoms with Crippen LogP contribution in [-0.2, 0) is 20.7 Å². The number of aromatic hydroxyl groups is 1. The van der Waals surface area contributed by atoms with Crippen molar-refractivity contribution in [2.24, 2.45) is 5.73 Å². The average Bonchev–Trinajstić information content (AvgIpc) is 2.67. The molecule has 1 atom stereocenters. The Morgan fingerprint density at radius 3 is 1.90 bits per heavy atom. The van der Waals surface area contributed by atoms with E-state index in [1.807, 2.05) is 0 Å². The van der Waals surface area contributed by atoms with Crippen LogP contribution >= 0.6 is 0 Å². The number of carbonyl (C=O) groups excluding carboxylic acids is 2. The molecule has 0 amide bonds. The van der Waals surface area contributed by atoms with E-state index in [0.29, 0.717) is 0 Å². The Morgan fingerprint density at radius 2 is 1.38 bits per heavy atom. The Balaban J connectivity index is 0.00000784. The summed E-state index contributed by atoms with van der Waals surface area (Å²) >= 11 is 0. The molecule has 0 heterocycles. The number of unbranched alkanes of at least 4 members (excludes halogenated alkanes) is 10. The van der Waals surface area contributed by atoms with Gasteiger partial charge in [-0.05, 0) is 30.5 Å². The number of rotatable bonds is 15. The Morgan fingerprint density at radius 1 is 0.897 bits per heavy atom. The number of esters is 2. The van der Waals surface area contributed by atoms with E-state index in [9.17, 15) is 14.7 Å². The molecular weight excluding hydrogens is 377 g/mol. The molecule has 0 bridgehead atoms. The van der Waals surface area contributed by atoms with Crippen LogP contribution in [0.25, 0.3) is 0 Å². The molecule has 0 radical (unpaired) electrons. The van der Waals surface area contributed by atoms with E-state index in [1.54, 1.807) is 12.1 Å². The molecule has 0 aliphatic heterocycles. The molecule has 0 aromatic heterocycles. The van der Waals surface area contributed by atoms with Crippen molar-refractivity contribution in [2.45, 2.75) is 96.4 Å². The first kappa shape index (κ1) is 28.1. The SMILES string of the molecule is CCCCCCCCCCCCCC(=O)OC(=O)C(N)Cc1ccc(O)cc1.[NaH]. The maximum atomic E-state index is 11.9. The molecule has 29 heavy (non-hydrogen) atoms. The minimum absolute atomic E-state index is 0. The first-order valence-corrected chi connectivity index (χ1v) is 10.8. The topological polar surface area (TPSA) is 89.6 Å². The second kappa shape index (κ2) is 17.9. The molecule has 0 aliphatic rings. The summed E-state index contributed by atoms with van der Waals surface area (Å²) < 4.78 is 4.85. The number of phenols is 1.